The van der Waals surface area contributed by atoms with Crippen LogP contribution < -0.4 is 5.32 Å². The Morgan fingerprint density at radius 3 is 2.90 bits per heavy atom. The van der Waals surface area contributed by atoms with Gasteiger partial charge in [-0.3, -0.25) is 9.78 Å². The van der Waals surface area contributed by atoms with Crippen molar-refractivity contribution in [3.63, 3.8) is 0 Å². The number of aryl methyl sites for hydroxylation is 1. The third-order valence-corrected chi connectivity index (χ3v) is 6.29. The molecular formula is C26H35FN2O. The van der Waals surface area contributed by atoms with Gasteiger partial charge in [0.15, 0.2) is 0 Å². The zero-order valence-corrected chi connectivity index (χ0v) is 18.2. The van der Waals surface area contributed by atoms with E-state index in [4.69, 9.17) is 0 Å². The van der Waals surface area contributed by atoms with Crippen LogP contribution in [0, 0.1) is 17.7 Å². The van der Waals surface area contributed by atoms with Crippen LogP contribution in [0.4, 0.5) is 4.39 Å². The molecule has 1 heterocycles. The Balaban J connectivity index is 1.29. The number of aromatic nitrogens is 1. The first kappa shape index (κ1) is 22.5. The number of rotatable bonds is 13. The average molecular weight is 411 g/mol. The molecule has 0 bridgehead atoms. The highest BCUT2D eigenvalue weighted by molar-refractivity contribution is 5.75. The van der Waals surface area contributed by atoms with Crippen molar-refractivity contribution < 1.29 is 9.18 Å². The summed E-state index contributed by atoms with van der Waals surface area (Å²) in [5, 5.41) is 3.06. The Bertz CT molecular complexity index is 780. The highest BCUT2D eigenvalue weighted by atomic mass is 19.1. The molecule has 0 saturated heterocycles. The number of nitrogens with zero attached hydrogens (tertiary/aromatic N) is 1. The Labute approximate surface area is 180 Å². The summed E-state index contributed by atoms with van der Waals surface area (Å²) in [5.41, 5.74) is 2.38. The van der Waals surface area contributed by atoms with E-state index in [0.29, 0.717) is 24.2 Å². The Morgan fingerprint density at radius 1 is 1.23 bits per heavy atom. The number of pyridine rings is 1. The predicted molar refractivity (Wildman–Crippen MR) is 120 cm³/mol. The Morgan fingerprint density at radius 2 is 2.13 bits per heavy atom. The lowest BCUT2D eigenvalue weighted by atomic mass is 9.89. The summed E-state index contributed by atoms with van der Waals surface area (Å²) in [7, 11) is 0. The Hall–Kier alpha value is -2.23. The van der Waals surface area contributed by atoms with E-state index in [1.807, 2.05) is 18.3 Å². The maximum Gasteiger partial charge on any atom is 0.220 e. The summed E-state index contributed by atoms with van der Waals surface area (Å²) in [6.45, 7) is 2.95. The molecule has 0 spiro atoms. The lowest BCUT2D eigenvalue weighted by molar-refractivity contribution is -0.121. The first-order valence-electron chi connectivity index (χ1n) is 11.6. The molecule has 3 nitrogen and oxygen atoms in total. The number of amides is 1. The largest absolute Gasteiger partial charge is 0.356 e. The van der Waals surface area contributed by atoms with Crippen molar-refractivity contribution in [3.05, 3.63) is 65.7 Å². The Kier molecular flexibility index (Phi) is 8.85. The van der Waals surface area contributed by atoms with Crippen molar-refractivity contribution in [2.45, 2.75) is 70.6 Å². The molecule has 1 fully saturated rings. The molecule has 0 aliphatic heterocycles. The van der Waals surface area contributed by atoms with Crippen LogP contribution in [0.1, 0.15) is 75.3 Å². The monoisotopic (exact) mass is 410 g/mol. The molecule has 1 aliphatic carbocycles. The second kappa shape index (κ2) is 11.8. The molecule has 4 heteroatoms. The SMILES string of the molecule is CCCC(CC1C[C@@H]1CCC(=O)NCCCCc1cccnc1)c1cccc(F)c1. The highest BCUT2D eigenvalue weighted by Crippen LogP contribution is 2.48. The quantitative estimate of drug-likeness (QED) is 0.408. The van der Waals surface area contributed by atoms with Crippen molar-refractivity contribution in [1.82, 2.24) is 10.3 Å². The van der Waals surface area contributed by atoms with E-state index in [1.54, 1.807) is 12.3 Å². The number of benzene rings is 1. The summed E-state index contributed by atoms with van der Waals surface area (Å²) in [6, 6.07) is 11.1. The fourth-order valence-corrected chi connectivity index (χ4v) is 4.48. The second-order valence-electron chi connectivity index (χ2n) is 8.74. The molecule has 3 atom stereocenters. The van der Waals surface area contributed by atoms with Gasteiger partial charge in [-0.15, -0.1) is 0 Å². The van der Waals surface area contributed by atoms with E-state index in [0.717, 1.165) is 57.1 Å². The maximum atomic E-state index is 13.6. The van der Waals surface area contributed by atoms with Crippen molar-refractivity contribution in [3.8, 4) is 0 Å². The van der Waals surface area contributed by atoms with Gasteiger partial charge in [-0.25, -0.2) is 4.39 Å². The molecule has 30 heavy (non-hydrogen) atoms. The van der Waals surface area contributed by atoms with E-state index in [-0.39, 0.29) is 11.7 Å². The molecule has 1 amide bonds. The number of unbranched alkanes of at least 4 members (excludes halogenated alkanes) is 1. The topological polar surface area (TPSA) is 42.0 Å². The molecule has 1 aliphatic rings. The van der Waals surface area contributed by atoms with Gasteiger partial charge in [0, 0.05) is 25.4 Å². The standard InChI is InChI=1S/C26H35FN2O/c1-2-7-21(22-10-5-11-25(27)18-22)16-24-17-23(24)12-13-26(30)29-15-4-3-8-20-9-6-14-28-19-20/h5-6,9-11,14,18-19,21,23-24H,2-4,7-8,12-13,15-17H2,1H3,(H,29,30)/t21?,23-,24?/m0/s1. The van der Waals surface area contributed by atoms with Crippen LogP contribution >= 0.6 is 0 Å². The van der Waals surface area contributed by atoms with Crippen molar-refractivity contribution in [2.75, 3.05) is 6.54 Å². The number of carbonyl (C=O) groups excluding carboxylic acids is 1. The third-order valence-electron chi connectivity index (χ3n) is 6.29. The summed E-state index contributed by atoms with van der Waals surface area (Å²) in [5.74, 6) is 1.83. The zero-order valence-electron chi connectivity index (χ0n) is 18.2. The van der Waals surface area contributed by atoms with Crippen LogP contribution in [0.2, 0.25) is 0 Å². The van der Waals surface area contributed by atoms with Crippen molar-refractivity contribution in [2.24, 2.45) is 11.8 Å². The number of carbonyl (C=O) groups is 1. The molecule has 1 aromatic carbocycles. The summed E-state index contributed by atoms with van der Waals surface area (Å²) in [4.78, 5) is 16.3. The number of hydrogen-bond acceptors (Lipinski definition) is 2. The molecular weight excluding hydrogens is 375 g/mol. The fourth-order valence-electron chi connectivity index (χ4n) is 4.48. The molecule has 1 N–H and O–H groups in total. The van der Waals surface area contributed by atoms with Crippen LogP contribution in [0.5, 0.6) is 0 Å². The molecule has 2 unspecified atom stereocenters. The van der Waals surface area contributed by atoms with Crippen LogP contribution in [0.15, 0.2) is 48.8 Å². The lowest BCUT2D eigenvalue weighted by Crippen LogP contribution is -2.24. The van der Waals surface area contributed by atoms with E-state index in [9.17, 15) is 9.18 Å². The minimum atomic E-state index is -0.141. The van der Waals surface area contributed by atoms with Crippen LogP contribution in [0.25, 0.3) is 0 Å². The summed E-state index contributed by atoms with van der Waals surface area (Å²) < 4.78 is 13.6. The molecule has 1 saturated carbocycles. The molecule has 2 aromatic rings. The van der Waals surface area contributed by atoms with Gasteiger partial charge >= 0.3 is 0 Å². The van der Waals surface area contributed by atoms with E-state index in [1.165, 1.54) is 18.1 Å². The van der Waals surface area contributed by atoms with Gasteiger partial charge in [-0.2, -0.15) is 0 Å². The third kappa shape index (κ3) is 7.55. The van der Waals surface area contributed by atoms with Crippen LogP contribution in [-0.2, 0) is 11.2 Å². The summed E-state index contributed by atoms with van der Waals surface area (Å²) in [6.07, 6.45) is 12.9. The minimum Gasteiger partial charge on any atom is -0.356 e. The maximum absolute atomic E-state index is 13.6. The van der Waals surface area contributed by atoms with Gasteiger partial charge in [0.1, 0.15) is 5.82 Å². The average Bonchev–Trinajstić information content (AvgIpc) is 3.50. The van der Waals surface area contributed by atoms with Crippen LogP contribution in [0.3, 0.4) is 0 Å². The normalized spacial score (nSPS) is 18.7. The fraction of sp³-hybridized carbons (Fsp3) is 0.538. The summed E-state index contributed by atoms with van der Waals surface area (Å²) >= 11 is 0. The van der Waals surface area contributed by atoms with E-state index in [2.05, 4.69) is 29.4 Å². The van der Waals surface area contributed by atoms with Gasteiger partial charge in [-0.1, -0.05) is 31.5 Å². The van der Waals surface area contributed by atoms with E-state index >= 15 is 0 Å². The van der Waals surface area contributed by atoms with Gasteiger partial charge in [0.25, 0.3) is 0 Å². The predicted octanol–water partition coefficient (Wildman–Crippen LogP) is 6.05. The second-order valence-corrected chi connectivity index (χ2v) is 8.74. The molecule has 3 rings (SSSR count). The highest BCUT2D eigenvalue weighted by Gasteiger charge is 2.38. The van der Waals surface area contributed by atoms with Crippen molar-refractivity contribution in [1.29, 1.82) is 0 Å². The first-order chi connectivity index (χ1) is 14.7. The lowest BCUT2D eigenvalue weighted by Gasteiger charge is -2.17. The number of halogens is 1. The number of hydrogen-bond donors (Lipinski definition) is 1. The van der Waals surface area contributed by atoms with Gasteiger partial charge < -0.3 is 5.32 Å². The van der Waals surface area contributed by atoms with E-state index < -0.39 is 0 Å². The van der Waals surface area contributed by atoms with Gasteiger partial charge in [-0.05, 0) is 92.0 Å². The number of nitrogens with one attached hydrogen (secondary N) is 1. The zero-order chi connectivity index (χ0) is 21.2. The van der Waals surface area contributed by atoms with Crippen molar-refractivity contribution >= 4 is 5.91 Å². The first-order valence-corrected chi connectivity index (χ1v) is 11.6. The molecule has 162 valence electrons. The molecule has 1 aromatic heterocycles. The van der Waals surface area contributed by atoms with Gasteiger partial charge in [0.05, 0.1) is 0 Å². The molecule has 0 radical (unpaired) electrons. The van der Waals surface area contributed by atoms with Crippen LogP contribution in [-0.4, -0.2) is 17.4 Å². The van der Waals surface area contributed by atoms with Gasteiger partial charge in [0.2, 0.25) is 5.91 Å². The minimum absolute atomic E-state index is 0.141. The smallest absolute Gasteiger partial charge is 0.220 e.